The van der Waals surface area contributed by atoms with E-state index in [9.17, 15) is 13.2 Å². The number of carbonyl (C=O) groups excluding carboxylic acids is 1. The summed E-state index contributed by atoms with van der Waals surface area (Å²) in [5, 5.41) is 2.92. The zero-order chi connectivity index (χ0) is 20.1. The lowest BCUT2D eigenvalue weighted by Gasteiger charge is -2.20. The van der Waals surface area contributed by atoms with E-state index < -0.39 is 16.1 Å². The molecule has 0 spiro atoms. The average molecular weight is 403 g/mol. The predicted octanol–water partition coefficient (Wildman–Crippen LogP) is 2.66. The van der Waals surface area contributed by atoms with E-state index >= 15 is 0 Å². The number of ether oxygens (including phenoxy) is 1. The number of fused-ring (bicyclic) bond motifs is 1. The van der Waals surface area contributed by atoms with E-state index in [1.807, 2.05) is 6.07 Å². The van der Waals surface area contributed by atoms with E-state index in [1.165, 1.54) is 15.4 Å². The number of nitrogens with zero attached hydrogens (tertiary/aromatic N) is 1. The van der Waals surface area contributed by atoms with Crippen LogP contribution in [0.1, 0.15) is 24.0 Å². The van der Waals surface area contributed by atoms with Crippen LogP contribution < -0.4 is 14.4 Å². The highest BCUT2D eigenvalue weighted by Gasteiger charge is 2.30. The molecular weight excluding hydrogens is 376 g/mol. The van der Waals surface area contributed by atoms with Gasteiger partial charge in [-0.3, -0.25) is 9.10 Å². The molecule has 150 valence electrons. The molecule has 1 amide bonds. The van der Waals surface area contributed by atoms with Crippen LogP contribution in [-0.4, -0.2) is 39.8 Å². The third-order valence-corrected chi connectivity index (χ3v) is 5.89. The zero-order valence-corrected chi connectivity index (χ0v) is 17.0. The van der Waals surface area contributed by atoms with Gasteiger partial charge in [-0.15, -0.1) is 0 Å². The van der Waals surface area contributed by atoms with Crippen LogP contribution in [0.15, 0.2) is 48.5 Å². The van der Waals surface area contributed by atoms with Crippen molar-refractivity contribution in [2.24, 2.45) is 0 Å². The second kappa shape index (κ2) is 8.65. The summed E-state index contributed by atoms with van der Waals surface area (Å²) in [5.74, 6) is 0.194. The van der Waals surface area contributed by atoms with Crippen LogP contribution in [0.25, 0.3) is 0 Å². The number of hydrogen-bond acceptors (Lipinski definition) is 4. The van der Waals surface area contributed by atoms with Gasteiger partial charge in [0.1, 0.15) is 5.75 Å². The van der Waals surface area contributed by atoms with Gasteiger partial charge < -0.3 is 10.1 Å². The number of carbonyl (C=O) groups is 1. The van der Waals surface area contributed by atoms with E-state index in [0.717, 1.165) is 19.1 Å². The largest absolute Gasteiger partial charge is 0.478 e. The highest BCUT2D eigenvalue weighted by atomic mass is 32.2. The summed E-state index contributed by atoms with van der Waals surface area (Å²) in [7, 11) is -3.45. The molecule has 6 nitrogen and oxygen atoms in total. The van der Waals surface area contributed by atoms with Crippen molar-refractivity contribution >= 4 is 21.6 Å². The van der Waals surface area contributed by atoms with Crippen molar-refractivity contribution in [1.29, 1.82) is 0 Å². The van der Waals surface area contributed by atoms with Gasteiger partial charge in [0.25, 0.3) is 5.91 Å². The Kier molecular flexibility index (Phi) is 6.24. The summed E-state index contributed by atoms with van der Waals surface area (Å²) < 4.78 is 31.4. The number of benzene rings is 2. The van der Waals surface area contributed by atoms with Crippen molar-refractivity contribution < 1.29 is 17.9 Å². The lowest BCUT2D eigenvalue weighted by atomic mass is 10.1. The number of aryl methyl sites for hydroxylation is 2. The molecule has 0 bridgehead atoms. The molecule has 1 aliphatic heterocycles. The first-order valence-electron chi connectivity index (χ1n) is 9.41. The van der Waals surface area contributed by atoms with Crippen LogP contribution in [-0.2, 0) is 21.2 Å². The molecule has 1 atom stereocenters. The molecule has 0 unspecified atom stereocenters. The maximum atomic E-state index is 12.6. The van der Waals surface area contributed by atoms with Crippen molar-refractivity contribution in [3.8, 4) is 5.75 Å². The third-order valence-electron chi connectivity index (χ3n) is 4.71. The number of rotatable bonds is 6. The zero-order valence-electron chi connectivity index (χ0n) is 16.2. The van der Waals surface area contributed by atoms with Crippen LogP contribution in [0, 0.1) is 6.92 Å². The van der Waals surface area contributed by atoms with Crippen LogP contribution in [0.2, 0.25) is 0 Å². The monoisotopic (exact) mass is 402 g/mol. The fraction of sp³-hybridized carbons (Fsp3) is 0.381. The molecule has 1 heterocycles. The molecule has 0 aliphatic carbocycles. The predicted molar refractivity (Wildman–Crippen MR) is 110 cm³/mol. The standard InChI is InChI=1S/C21H26N2O4S/c1-16-7-5-8-17(15-16)9-6-13-22-21(24)20-12-14-23(28(2,25)26)18-10-3-4-11-19(18)27-20/h3-5,7-8,10-11,15,20H,6,9,12-14H2,1-2H3,(H,22,24)/t20-/m0/s1. The topological polar surface area (TPSA) is 75.7 Å². The molecule has 2 aromatic carbocycles. The van der Waals surface area contributed by atoms with E-state index in [-0.39, 0.29) is 12.5 Å². The SMILES string of the molecule is Cc1cccc(CCCNC(=O)[C@@H]2CCN(S(C)(=O)=O)c3ccccc3O2)c1. The molecule has 0 saturated heterocycles. The van der Waals surface area contributed by atoms with E-state index in [1.54, 1.807) is 24.3 Å². The summed E-state index contributed by atoms with van der Waals surface area (Å²) in [5.41, 5.74) is 2.94. The first-order chi connectivity index (χ1) is 13.3. The second-order valence-corrected chi connectivity index (χ2v) is 8.99. The second-order valence-electron chi connectivity index (χ2n) is 7.08. The fourth-order valence-corrected chi connectivity index (χ4v) is 4.29. The maximum Gasteiger partial charge on any atom is 0.261 e. The van der Waals surface area contributed by atoms with Gasteiger partial charge in [0.15, 0.2) is 6.10 Å². The minimum Gasteiger partial charge on any atom is -0.478 e. The average Bonchev–Trinajstić information content (AvgIpc) is 2.85. The number of hydrogen-bond donors (Lipinski definition) is 1. The normalized spacial score (nSPS) is 16.6. The molecule has 1 N–H and O–H groups in total. The van der Waals surface area contributed by atoms with Crippen LogP contribution in [0.3, 0.4) is 0 Å². The minimum absolute atomic E-state index is 0.206. The van der Waals surface area contributed by atoms with Crippen LogP contribution in [0.5, 0.6) is 5.75 Å². The van der Waals surface area contributed by atoms with E-state index in [4.69, 9.17) is 4.74 Å². The van der Waals surface area contributed by atoms with Crippen LogP contribution >= 0.6 is 0 Å². The minimum atomic E-state index is -3.45. The van der Waals surface area contributed by atoms with Gasteiger partial charge in [0, 0.05) is 19.5 Å². The van der Waals surface area contributed by atoms with Gasteiger partial charge >= 0.3 is 0 Å². The number of para-hydroxylation sites is 2. The summed E-state index contributed by atoms with van der Waals surface area (Å²) >= 11 is 0. The van der Waals surface area contributed by atoms with E-state index in [0.29, 0.717) is 24.4 Å². The molecule has 1 aliphatic rings. The Morgan fingerprint density at radius 3 is 2.75 bits per heavy atom. The lowest BCUT2D eigenvalue weighted by molar-refractivity contribution is -0.128. The van der Waals surface area contributed by atoms with Crippen LogP contribution in [0.4, 0.5) is 5.69 Å². The van der Waals surface area contributed by atoms with Gasteiger partial charge in [-0.2, -0.15) is 0 Å². The fourth-order valence-electron chi connectivity index (χ4n) is 3.34. The molecule has 7 heteroatoms. The summed E-state index contributed by atoms with van der Waals surface area (Å²) in [6, 6.07) is 15.2. The van der Waals surface area contributed by atoms with Gasteiger partial charge in [-0.05, 0) is 37.5 Å². The lowest BCUT2D eigenvalue weighted by Crippen LogP contribution is -2.40. The maximum absolute atomic E-state index is 12.6. The highest BCUT2D eigenvalue weighted by molar-refractivity contribution is 7.92. The Labute approximate surface area is 166 Å². The Morgan fingerprint density at radius 1 is 1.21 bits per heavy atom. The van der Waals surface area contributed by atoms with Crippen molar-refractivity contribution in [1.82, 2.24) is 5.32 Å². The van der Waals surface area contributed by atoms with Gasteiger partial charge in [0.05, 0.1) is 11.9 Å². The third kappa shape index (κ3) is 5.04. The summed E-state index contributed by atoms with van der Waals surface area (Å²) in [6.07, 6.45) is 2.46. The van der Waals surface area contributed by atoms with E-state index in [2.05, 4.69) is 30.4 Å². The quantitative estimate of drug-likeness (QED) is 0.754. The van der Waals surface area contributed by atoms with Gasteiger partial charge in [0.2, 0.25) is 10.0 Å². The Hall–Kier alpha value is -2.54. The number of anilines is 1. The smallest absolute Gasteiger partial charge is 0.261 e. The molecule has 28 heavy (non-hydrogen) atoms. The van der Waals surface area contributed by atoms with Crippen molar-refractivity contribution in [2.45, 2.75) is 32.3 Å². The highest BCUT2D eigenvalue weighted by Crippen LogP contribution is 2.33. The first kappa shape index (κ1) is 20.2. The number of sulfonamides is 1. The van der Waals surface area contributed by atoms with Gasteiger partial charge in [-0.25, -0.2) is 8.42 Å². The van der Waals surface area contributed by atoms with Crippen molar-refractivity contribution in [2.75, 3.05) is 23.7 Å². The number of nitrogens with one attached hydrogen (secondary N) is 1. The molecule has 0 fully saturated rings. The molecule has 3 rings (SSSR count). The Bertz CT molecular complexity index is 943. The van der Waals surface area contributed by atoms with Crippen molar-refractivity contribution in [3.05, 3.63) is 59.7 Å². The Morgan fingerprint density at radius 2 is 2.00 bits per heavy atom. The summed E-state index contributed by atoms with van der Waals surface area (Å²) in [4.78, 5) is 12.6. The Balaban J connectivity index is 1.59. The molecule has 0 aromatic heterocycles. The summed E-state index contributed by atoms with van der Waals surface area (Å²) in [6.45, 7) is 2.81. The molecule has 2 aromatic rings. The molecular formula is C21H26N2O4S. The molecule has 0 saturated carbocycles. The van der Waals surface area contributed by atoms with Gasteiger partial charge in [-0.1, -0.05) is 42.0 Å². The number of amides is 1. The first-order valence-corrected chi connectivity index (χ1v) is 11.3. The molecule has 0 radical (unpaired) electrons. The van der Waals surface area contributed by atoms with Crippen molar-refractivity contribution in [3.63, 3.8) is 0 Å².